The molecule has 2 aromatic heterocycles. The van der Waals surface area contributed by atoms with Crippen molar-refractivity contribution in [3.05, 3.63) is 29.9 Å². The average molecular weight is 257 g/mol. The van der Waals surface area contributed by atoms with Gasteiger partial charge in [-0.3, -0.25) is 9.78 Å². The minimum Gasteiger partial charge on any atom is -0.339 e. The molecule has 1 atom stereocenters. The van der Waals surface area contributed by atoms with E-state index in [-0.39, 0.29) is 11.7 Å². The molecule has 1 aliphatic rings. The van der Waals surface area contributed by atoms with Crippen LogP contribution in [0.4, 0.5) is 0 Å². The second kappa shape index (κ2) is 4.91. The number of hydrogen-bond acceptors (Lipinski definition) is 5. The van der Waals surface area contributed by atoms with Crippen LogP contribution in [0, 0.1) is 6.92 Å². The summed E-state index contributed by atoms with van der Waals surface area (Å²) in [5, 5.41) is 4.01. The van der Waals surface area contributed by atoms with Crippen molar-refractivity contribution in [3.63, 3.8) is 0 Å². The minimum absolute atomic E-state index is 0.0828. The average Bonchev–Trinajstić information content (AvgIpc) is 2.89. The lowest BCUT2D eigenvalue weighted by atomic mass is 9.88. The van der Waals surface area contributed by atoms with E-state index in [2.05, 4.69) is 15.1 Å². The molecular weight excluding hydrogens is 242 g/mol. The third-order valence-corrected chi connectivity index (χ3v) is 3.55. The van der Waals surface area contributed by atoms with Gasteiger partial charge in [0, 0.05) is 36.7 Å². The highest BCUT2D eigenvalue weighted by Gasteiger charge is 2.26. The normalized spacial score (nSPS) is 19.6. The van der Waals surface area contributed by atoms with Gasteiger partial charge < -0.3 is 4.52 Å². The Morgan fingerprint density at radius 1 is 1.42 bits per heavy atom. The van der Waals surface area contributed by atoms with Crippen molar-refractivity contribution in [1.82, 2.24) is 15.1 Å². The molecule has 0 radical (unpaired) electrons. The Morgan fingerprint density at radius 2 is 2.32 bits per heavy atom. The molecule has 0 spiro atoms. The predicted octanol–water partition coefficient (Wildman–Crippen LogP) is 2.67. The number of hydrogen-bond donors (Lipinski definition) is 0. The summed E-state index contributed by atoms with van der Waals surface area (Å²) in [4.78, 5) is 20.0. The van der Waals surface area contributed by atoms with Gasteiger partial charge >= 0.3 is 0 Å². The summed E-state index contributed by atoms with van der Waals surface area (Å²) in [6.07, 6.45) is 6.52. The molecule has 0 aromatic carbocycles. The zero-order chi connectivity index (χ0) is 13.2. The summed E-state index contributed by atoms with van der Waals surface area (Å²) < 4.78 is 5.32. The minimum atomic E-state index is 0.0828. The first-order valence-electron chi connectivity index (χ1n) is 6.50. The van der Waals surface area contributed by atoms with Gasteiger partial charge in [-0.25, -0.2) is 0 Å². The summed E-state index contributed by atoms with van der Waals surface area (Å²) in [5.41, 5.74) is 1.93. The Bertz CT molecular complexity index is 606. The zero-order valence-corrected chi connectivity index (χ0v) is 10.8. The van der Waals surface area contributed by atoms with Crippen LogP contribution in [0.15, 0.2) is 23.0 Å². The van der Waals surface area contributed by atoms with Crippen molar-refractivity contribution in [2.75, 3.05) is 0 Å². The number of ketones is 1. The molecular formula is C14H15N3O2. The topological polar surface area (TPSA) is 68.9 Å². The van der Waals surface area contributed by atoms with Crippen molar-refractivity contribution in [3.8, 4) is 11.4 Å². The lowest BCUT2D eigenvalue weighted by Gasteiger charge is -2.16. The van der Waals surface area contributed by atoms with Crippen LogP contribution >= 0.6 is 0 Å². The smallest absolute Gasteiger partial charge is 0.230 e. The van der Waals surface area contributed by atoms with Gasteiger partial charge in [0.1, 0.15) is 5.78 Å². The molecule has 3 rings (SSSR count). The molecule has 0 N–H and O–H groups in total. The van der Waals surface area contributed by atoms with Gasteiger partial charge in [0.05, 0.1) is 0 Å². The standard InChI is InChI=1S/C14H15N3O2/c1-9-5-6-15-8-12(9)13-16-14(19-17-13)10-3-2-4-11(18)7-10/h5-6,8,10H,2-4,7H2,1H3. The van der Waals surface area contributed by atoms with Crippen molar-refractivity contribution < 1.29 is 9.32 Å². The first-order valence-corrected chi connectivity index (χ1v) is 6.50. The maximum atomic E-state index is 11.5. The Hall–Kier alpha value is -2.04. The maximum Gasteiger partial charge on any atom is 0.230 e. The first-order chi connectivity index (χ1) is 9.24. The van der Waals surface area contributed by atoms with E-state index in [1.807, 2.05) is 13.0 Å². The number of carbonyl (C=O) groups is 1. The second-order valence-electron chi connectivity index (χ2n) is 4.98. The number of carbonyl (C=O) groups excluding carboxylic acids is 1. The van der Waals surface area contributed by atoms with Gasteiger partial charge in [-0.1, -0.05) is 5.16 Å². The Kier molecular flexibility index (Phi) is 3.11. The first kappa shape index (κ1) is 12.0. The second-order valence-corrected chi connectivity index (χ2v) is 4.98. The van der Waals surface area contributed by atoms with E-state index in [0.717, 1.165) is 24.0 Å². The number of aromatic nitrogens is 3. The fourth-order valence-corrected chi connectivity index (χ4v) is 2.44. The monoisotopic (exact) mass is 257 g/mol. The lowest BCUT2D eigenvalue weighted by molar-refractivity contribution is -0.120. The highest BCUT2D eigenvalue weighted by atomic mass is 16.5. The molecule has 0 amide bonds. The van der Waals surface area contributed by atoms with Crippen molar-refractivity contribution in [1.29, 1.82) is 0 Å². The SMILES string of the molecule is Cc1ccncc1-c1noc(C2CCCC(=O)C2)n1. The highest BCUT2D eigenvalue weighted by Crippen LogP contribution is 2.31. The molecule has 1 saturated carbocycles. The van der Waals surface area contributed by atoms with Crippen LogP contribution < -0.4 is 0 Å². The molecule has 0 saturated heterocycles. The van der Waals surface area contributed by atoms with Gasteiger partial charge in [-0.15, -0.1) is 0 Å². The van der Waals surface area contributed by atoms with Gasteiger partial charge in [0.15, 0.2) is 0 Å². The highest BCUT2D eigenvalue weighted by molar-refractivity contribution is 5.79. The molecule has 2 aromatic rings. The molecule has 1 unspecified atom stereocenters. The van der Waals surface area contributed by atoms with E-state index in [0.29, 0.717) is 24.6 Å². The predicted molar refractivity (Wildman–Crippen MR) is 68.5 cm³/mol. The van der Waals surface area contributed by atoms with Crippen LogP contribution in [0.3, 0.4) is 0 Å². The molecule has 0 aliphatic heterocycles. The molecule has 5 nitrogen and oxygen atoms in total. The fourth-order valence-electron chi connectivity index (χ4n) is 2.44. The van der Waals surface area contributed by atoms with E-state index < -0.39 is 0 Å². The summed E-state index contributed by atoms with van der Waals surface area (Å²) in [5.74, 6) is 1.50. The van der Waals surface area contributed by atoms with Crippen molar-refractivity contribution in [2.45, 2.75) is 38.5 Å². The van der Waals surface area contributed by atoms with E-state index in [4.69, 9.17) is 4.52 Å². The van der Waals surface area contributed by atoms with E-state index in [1.54, 1.807) is 12.4 Å². The number of nitrogens with zero attached hydrogens (tertiary/aromatic N) is 3. The van der Waals surface area contributed by atoms with Crippen LogP contribution in [0.1, 0.15) is 43.1 Å². The third kappa shape index (κ3) is 2.41. The Labute approximate surface area is 111 Å². The third-order valence-electron chi connectivity index (χ3n) is 3.55. The van der Waals surface area contributed by atoms with Crippen molar-refractivity contribution >= 4 is 5.78 Å². The zero-order valence-electron chi connectivity index (χ0n) is 10.8. The summed E-state index contributed by atoms with van der Waals surface area (Å²) in [6.45, 7) is 1.98. The van der Waals surface area contributed by atoms with Crippen LogP contribution in [0.2, 0.25) is 0 Å². The molecule has 1 aliphatic carbocycles. The number of Topliss-reactive ketones (excluding diaryl/α,β-unsaturated/α-hetero) is 1. The molecule has 1 fully saturated rings. The van der Waals surface area contributed by atoms with Gasteiger partial charge in [-0.05, 0) is 31.4 Å². The van der Waals surface area contributed by atoms with Crippen molar-refractivity contribution in [2.24, 2.45) is 0 Å². The van der Waals surface area contributed by atoms with Gasteiger partial charge in [0.2, 0.25) is 11.7 Å². The molecule has 0 bridgehead atoms. The van der Waals surface area contributed by atoms with Gasteiger partial charge in [0.25, 0.3) is 0 Å². The molecule has 98 valence electrons. The number of aryl methyl sites for hydroxylation is 1. The van der Waals surface area contributed by atoms with E-state index in [9.17, 15) is 4.79 Å². The van der Waals surface area contributed by atoms with E-state index >= 15 is 0 Å². The number of pyridine rings is 1. The van der Waals surface area contributed by atoms with Gasteiger partial charge in [-0.2, -0.15) is 4.98 Å². The molecule has 5 heteroatoms. The Morgan fingerprint density at radius 3 is 3.11 bits per heavy atom. The van der Waals surface area contributed by atoms with Crippen LogP contribution in [0.25, 0.3) is 11.4 Å². The summed E-state index contributed by atoms with van der Waals surface area (Å²) in [7, 11) is 0. The Balaban J connectivity index is 1.87. The van der Waals surface area contributed by atoms with Crippen LogP contribution in [-0.4, -0.2) is 20.9 Å². The summed E-state index contributed by atoms with van der Waals surface area (Å²) >= 11 is 0. The molecule has 2 heterocycles. The fraction of sp³-hybridized carbons (Fsp3) is 0.429. The number of rotatable bonds is 2. The quantitative estimate of drug-likeness (QED) is 0.827. The van der Waals surface area contributed by atoms with E-state index in [1.165, 1.54) is 0 Å². The van der Waals surface area contributed by atoms with Crippen LogP contribution in [0.5, 0.6) is 0 Å². The summed E-state index contributed by atoms with van der Waals surface area (Å²) in [6, 6.07) is 1.91. The largest absolute Gasteiger partial charge is 0.339 e. The van der Waals surface area contributed by atoms with Crippen LogP contribution in [-0.2, 0) is 4.79 Å². The maximum absolute atomic E-state index is 11.5. The molecule has 19 heavy (non-hydrogen) atoms. The lowest BCUT2D eigenvalue weighted by Crippen LogP contribution is -2.13.